The van der Waals surface area contributed by atoms with Gasteiger partial charge in [0.05, 0.1) is 0 Å². The molecule has 0 aromatic carbocycles. The standard InChI is InChI=1S/C6H16N2O/c1-6(2,3)7-4-5-8-9/h7-9H,4-5H2,1-3H3. The monoisotopic (exact) mass is 132 g/mol. The Morgan fingerprint density at radius 2 is 1.78 bits per heavy atom. The first kappa shape index (κ1) is 8.88. The molecule has 0 unspecified atom stereocenters. The highest BCUT2D eigenvalue weighted by molar-refractivity contribution is 4.69. The molecule has 0 amide bonds. The molecule has 0 radical (unpaired) electrons. The van der Waals surface area contributed by atoms with Gasteiger partial charge in [0.15, 0.2) is 0 Å². The van der Waals surface area contributed by atoms with E-state index >= 15 is 0 Å². The third kappa shape index (κ3) is 7.88. The van der Waals surface area contributed by atoms with E-state index in [2.05, 4.69) is 31.6 Å². The van der Waals surface area contributed by atoms with Crippen LogP contribution >= 0.6 is 0 Å². The first-order chi connectivity index (χ1) is 4.06. The fourth-order valence-corrected chi connectivity index (χ4v) is 0.493. The minimum absolute atomic E-state index is 0.150. The fourth-order valence-electron chi connectivity index (χ4n) is 0.493. The van der Waals surface area contributed by atoms with E-state index in [1.54, 1.807) is 0 Å². The third-order valence-electron chi connectivity index (χ3n) is 0.892. The summed E-state index contributed by atoms with van der Waals surface area (Å²) in [6.07, 6.45) is 0. The molecule has 9 heavy (non-hydrogen) atoms. The van der Waals surface area contributed by atoms with E-state index < -0.39 is 0 Å². The van der Waals surface area contributed by atoms with Crippen molar-refractivity contribution in [1.82, 2.24) is 10.8 Å². The van der Waals surface area contributed by atoms with E-state index in [0.717, 1.165) is 6.54 Å². The molecule has 3 nitrogen and oxygen atoms in total. The van der Waals surface area contributed by atoms with Crippen LogP contribution in [0.25, 0.3) is 0 Å². The van der Waals surface area contributed by atoms with Gasteiger partial charge in [0.2, 0.25) is 0 Å². The Balaban J connectivity index is 3.07. The average Bonchev–Trinajstić information content (AvgIpc) is 1.63. The Labute approximate surface area is 56.4 Å². The molecule has 0 saturated heterocycles. The first-order valence-corrected chi connectivity index (χ1v) is 3.18. The lowest BCUT2D eigenvalue weighted by Gasteiger charge is -2.19. The second-order valence-corrected chi connectivity index (χ2v) is 3.08. The quantitative estimate of drug-likeness (QED) is 0.383. The molecular weight excluding hydrogens is 116 g/mol. The van der Waals surface area contributed by atoms with Crippen LogP contribution < -0.4 is 10.8 Å². The number of hydrogen-bond acceptors (Lipinski definition) is 3. The highest BCUT2D eigenvalue weighted by Crippen LogP contribution is 1.95. The molecule has 0 atom stereocenters. The Morgan fingerprint density at radius 3 is 2.11 bits per heavy atom. The lowest BCUT2D eigenvalue weighted by molar-refractivity contribution is 0.164. The summed E-state index contributed by atoms with van der Waals surface area (Å²) in [5.41, 5.74) is 2.23. The molecule has 0 fully saturated rings. The zero-order valence-corrected chi connectivity index (χ0v) is 6.36. The van der Waals surface area contributed by atoms with Gasteiger partial charge in [-0.05, 0) is 20.8 Å². The number of hydrogen-bond donors (Lipinski definition) is 3. The van der Waals surface area contributed by atoms with Crippen molar-refractivity contribution in [1.29, 1.82) is 0 Å². The molecule has 3 heteroatoms. The predicted octanol–water partition coefficient (Wildman–Crippen LogP) is 0.353. The lowest BCUT2D eigenvalue weighted by Crippen LogP contribution is -2.39. The molecule has 0 aliphatic carbocycles. The zero-order chi connectivity index (χ0) is 7.33. The molecule has 0 aliphatic heterocycles. The van der Waals surface area contributed by atoms with Crippen molar-refractivity contribution in [3.05, 3.63) is 0 Å². The van der Waals surface area contributed by atoms with Gasteiger partial charge >= 0.3 is 0 Å². The van der Waals surface area contributed by atoms with Crippen LogP contribution in [0, 0.1) is 0 Å². The van der Waals surface area contributed by atoms with Crippen LogP contribution in [0.3, 0.4) is 0 Å². The summed E-state index contributed by atoms with van der Waals surface area (Å²) in [6, 6.07) is 0. The van der Waals surface area contributed by atoms with Gasteiger partial charge in [-0.25, -0.2) is 5.48 Å². The Morgan fingerprint density at radius 1 is 1.22 bits per heavy atom. The fraction of sp³-hybridized carbons (Fsp3) is 1.00. The number of hydroxylamine groups is 1. The molecule has 0 saturated carbocycles. The van der Waals surface area contributed by atoms with Gasteiger partial charge in [-0.15, -0.1) is 0 Å². The Kier molecular flexibility index (Phi) is 3.77. The smallest absolute Gasteiger partial charge is 0.0332 e. The third-order valence-corrected chi connectivity index (χ3v) is 0.892. The van der Waals surface area contributed by atoms with Gasteiger partial charge in [0.1, 0.15) is 0 Å². The lowest BCUT2D eigenvalue weighted by atomic mass is 10.1. The summed E-state index contributed by atoms with van der Waals surface area (Å²) < 4.78 is 0. The summed E-state index contributed by atoms with van der Waals surface area (Å²) in [4.78, 5) is 0. The van der Waals surface area contributed by atoms with Crippen LogP contribution in [0.15, 0.2) is 0 Å². The maximum Gasteiger partial charge on any atom is 0.0332 e. The summed E-state index contributed by atoms with van der Waals surface area (Å²) in [7, 11) is 0. The van der Waals surface area contributed by atoms with Crippen molar-refractivity contribution in [2.45, 2.75) is 26.3 Å². The molecule has 0 aromatic rings. The second kappa shape index (κ2) is 3.82. The van der Waals surface area contributed by atoms with Crippen molar-refractivity contribution in [2.75, 3.05) is 13.1 Å². The average molecular weight is 132 g/mol. The molecule has 56 valence electrons. The summed E-state index contributed by atoms with van der Waals surface area (Å²) >= 11 is 0. The molecule has 0 heterocycles. The normalized spacial score (nSPS) is 12.0. The summed E-state index contributed by atoms with van der Waals surface area (Å²) in [5, 5.41) is 11.4. The van der Waals surface area contributed by atoms with Crippen molar-refractivity contribution in [2.24, 2.45) is 0 Å². The van der Waals surface area contributed by atoms with E-state index in [-0.39, 0.29) is 5.54 Å². The van der Waals surface area contributed by atoms with Gasteiger partial charge < -0.3 is 10.5 Å². The van der Waals surface area contributed by atoms with Crippen LogP contribution in [-0.2, 0) is 0 Å². The zero-order valence-electron chi connectivity index (χ0n) is 6.36. The van der Waals surface area contributed by atoms with Crippen molar-refractivity contribution in [3.8, 4) is 0 Å². The van der Waals surface area contributed by atoms with Gasteiger partial charge in [-0.3, -0.25) is 0 Å². The van der Waals surface area contributed by atoms with E-state index in [0.29, 0.717) is 6.54 Å². The topological polar surface area (TPSA) is 44.3 Å². The minimum atomic E-state index is 0.150. The Bertz CT molecular complexity index is 67.9. The molecule has 0 spiro atoms. The van der Waals surface area contributed by atoms with Gasteiger partial charge in [0.25, 0.3) is 0 Å². The molecule has 0 aromatic heterocycles. The van der Waals surface area contributed by atoms with Crippen molar-refractivity contribution < 1.29 is 5.21 Å². The summed E-state index contributed by atoms with van der Waals surface area (Å²) in [5.74, 6) is 0. The van der Waals surface area contributed by atoms with Crippen LogP contribution in [0.1, 0.15) is 20.8 Å². The second-order valence-electron chi connectivity index (χ2n) is 3.08. The molecule has 0 aliphatic rings. The van der Waals surface area contributed by atoms with E-state index in [4.69, 9.17) is 5.21 Å². The first-order valence-electron chi connectivity index (χ1n) is 3.18. The largest absolute Gasteiger partial charge is 0.317 e. The molecule has 3 N–H and O–H groups in total. The molecular formula is C6H16N2O. The van der Waals surface area contributed by atoms with Gasteiger partial charge in [-0.2, -0.15) is 0 Å². The maximum atomic E-state index is 8.17. The van der Waals surface area contributed by atoms with E-state index in [9.17, 15) is 0 Å². The SMILES string of the molecule is CC(C)(C)NCCNO. The highest BCUT2D eigenvalue weighted by atomic mass is 16.5. The van der Waals surface area contributed by atoms with Crippen molar-refractivity contribution in [3.63, 3.8) is 0 Å². The van der Waals surface area contributed by atoms with Crippen molar-refractivity contribution >= 4 is 0 Å². The number of rotatable bonds is 3. The Hall–Kier alpha value is -0.120. The predicted molar refractivity (Wildman–Crippen MR) is 37.5 cm³/mol. The maximum absolute atomic E-state index is 8.17. The van der Waals surface area contributed by atoms with Crippen LogP contribution in [0.4, 0.5) is 0 Å². The highest BCUT2D eigenvalue weighted by Gasteiger charge is 2.06. The van der Waals surface area contributed by atoms with Gasteiger partial charge in [0, 0.05) is 18.6 Å². The van der Waals surface area contributed by atoms with E-state index in [1.807, 2.05) is 0 Å². The molecule has 0 bridgehead atoms. The minimum Gasteiger partial charge on any atom is -0.317 e. The van der Waals surface area contributed by atoms with Crippen LogP contribution in [0.5, 0.6) is 0 Å². The number of nitrogens with one attached hydrogen (secondary N) is 2. The van der Waals surface area contributed by atoms with Crippen LogP contribution in [0.2, 0.25) is 0 Å². The molecule has 0 rings (SSSR count). The summed E-state index contributed by atoms with van der Waals surface area (Å²) in [6.45, 7) is 7.65. The van der Waals surface area contributed by atoms with Crippen LogP contribution in [-0.4, -0.2) is 23.8 Å². The van der Waals surface area contributed by atoms with E-state index in [1.165, 1.54) is 0 Å². The van der Waals surface area contributed by atoms with Gasteiger partial charge in [-0.1, -0.05) is 0 Å².